The highest BCUT2D eigenvalue weighted by atomic mass is 14.1. The first-order chi connectivity index (χ1) is 5.50. The molecule has 0 amide bonds. The number of rotatable bonds is 0. The van der Waals surface area contributed by atoms with E-state index in [1.54, 1.807) is 0 Å². The van der Waals surface area contributed by atoms with Crippen molar-refractivity contribution in [1.29, 1.82) is 0 Å². The molecule has 0 spiro atoms. The van der Waals surface area contributed by atoms with Crippen LogP contribution in [0.3, 0.4) is 0 Å². The van der Waals surface area contributed by atoms with Crippen LogP contribution in [-0.2, 0) is 0 Å². The van der Waals surface area contributed by atoms with Crippen molar-refractivity contribution in [2.45, 2.75) is 61.8 Å². The predicted molar refractivity (Wildman–Crippen MR) is 64.0 cm³/mol. The molecule has 0 heterocycles. The summed E-state index contributed by atoms with van der Waals surface area (Å²) >= 11 is 0. The molecule has 0 rings (SSSR count). The van der Waals surface area contributed by atoms with Gasteiger partial charge in [-0.25, -0.2) is 0 Å². The Balaban J connectivity index is 0. The summed E-state index contributed by atoms with van der Waals surface area (Å²) in [5.74, 6) is 0. The SMILES string of the molecule is C=C(C)C(C)(C)C.CCC(C)(C)C. The van der Waals surface area contributed by atoms with Crippen molar-refractivity contribution in [2.75, 3.05) is 0 Å². The Bertz CT molecular complexity index is 138. The van der Waals surface area contributed by atoms with E-state index in [0.717, 1.165) is 0 Å². The second-order valence-corrected chi connectivity index (χ2v) is 5.94. The maximum Gasteiger partial charge on any atom is -0.0178 e. The Morgan fingerprint density at radius 1 is 1.00 bits per heavy atom. The second kappa shape index (κ2) is 5.47. The summed E-state index contributed by atoms with van der Waals surface area (Å²) in [4.78, 5) is 0. The molecule has 0 bridgehead atoms. The molecule has 0 radical (unpaired) electrons. The molecule has 0 aliphatic heterocycles. The van der Waals surface area contributed by atoms with Crippen LogP contribution in [0.2, 0.25) is 0 Å². The lowest BCUT2D eigenvalue weighted by molar-refractivity contribution is 0.398. The van der Waals surface area contributed by atoms with Crippen LogP contribution in [0.1, 0.15) is 61.8 Å². The predicted octanol–water partition coefficient (Wildman–Crippen LogP) is 5.05. The molecule has 0 aromatic carbocycles. The molecule has 0 nitrogen and oxygen atoms in total. The van der Waals surface area contributed by atoms with Crippen LogP contribution in [-0.4, -0.2) is 0 Å². The Hall–Kier alpha value is -0.260. The number of hydrogen-bond acceptors (Lipinski definition) is 0. The Morgan fingerprint density at radius 3 is 1.15 bits per heavy atom. The highest BCUT2D eigenvalue weighted by molar-refractivity contribution is 4.99. The molecule has 0 aromatic heterocycles. The van der Waals surface area contributed by atoms with Gasteiger partial charge in [-0.1, -0.05) is 67.0 Å². The van der Waals surface area contributed by atoms with Crippen LogP contribution in [0.4, 0.5) is 0 Å². The Morgan fingerprint density at radius 2 is 1.15 bits per heavy atom. The van der Waals surface area contributed by atoms with E-state index in [1.807, 2.05) is 0 Å². The smallest absolute Gasteiger partial charge is 0.0178 e. The summed E-state index contributed by atoms with van der Waals surface area (Å²) in [6, 6.07) is 0. The molecular weight excluding hydrogens is 156 g/mol. The highest BCUT2D eigenvalue weighted by Gasteiger charge is 2.08. The van der Waals surface area contributed by atoms with E-state index in [1.165, 1.54) is 12.0 Å². The maximum absolute atomic E-state index is 3.83. The third-order valence-corrected chi connectivity index (χ3v) is 2.34. The minimum Gasteiger partial charge on any atom is -0.0996 e. The lowest BCUT2D eigenvalue weighted by Gasteiger charge is -2.16. The van der Waals surface area contributed by atoms with Gasteiger partial charge in [0, 0.05) is 0 Å². The zero-order valence-electron chi connectivity index (χ0n) is 10.9. The standard InChI is InChI=1S/C7H14.C6H14/c1-6(2)7(3,4)5;1-5-6(2,3)4/h1H2,2-5H3;5H2,1-4H3. The van der Waals surface area contributed by atoms with Crippen molar-refractivity contribution in [3.63, 3.8) is 0 Å². The molecule has 0 aliphatic rings. The lowest BCUT2D eigenvalue weighted by Crippen LogP contribution is -2.04. The fourth-order valence-electron chi connectivity index (χ4n) is 0. The van der Waals surface area contributed by atoms with Crippen LogP contribution >= 0.6 is 0 Å². The molecule has 0 aromatic rings. The van der Waals surface area contributed by atoms with Crippen molar-refractivity contribution < 1.29 is 0 Å². The van der Waals surface area contributed by atoms with Crippen LogP contribution in [0, 0.1) is 10.8 Å². The normalized spacial score (nSPS) is 11.7. The first kappa shape index (κ1) is 15.2. The van der Waals surface area contributed by atoms with Gasteiger partial charge in [0.1, 0.15) is 0 Å². The van der Waals surface area contributed by atoms with Gasteiger partial charge in [-0.2, -0.15) is 0 Å². The summed E-state index contributed by atoms with van der Waals surface area (Å²) in [7, 11) is 0. The molecule has 0 fully saturated rings. The molecule has 0 atom stereocenters. The van der Waals surface area contributed by atoms with E-state index in [-0.39, 0.29) is 0 Å². The molecule has 0 aliphatic carbocycles. The van der Waals surface area contributed by atoms with E-state index in [0.29, 0.717) is 10.8 Å². The van der Waals surface area contributed by atoms with Crippen LogP contribution in [0.15, 0.2) is 12.2 Å². The van der Waals surface area contributed by atoms with Gasteiger partial charge in [-0.3, -0.25) is 0 Å². The first-order valence-corrected chi connectivity index (χ1v) is 5.16. The van der Waals surface area contributed by atoms with E-state index in [9.17, 15) is 0 Å². The van der Waals surface area contributed by atoms with E-state index in [2.05, 4.69) is 62.0 Å². The monoisotopic (exact) mass is 184 g/mol. The topological polar surface area (TPSA) is 0 Å². The molecule has 0 heteroatoms. The van der Waals surface area contributed by atoms with Crippen molar-refractivity contribution >= 4 is 0 Å². The zero-order valence-corrected chi connectivity index (χ0v) is 10.9. The summed E-state index contributed by atoms with van der Waals surface area (Å²) in [6.07, 6.45) is 1.27. The van der Waals surface area contributed by atoms with Crippen molar-refractivity contribution in [3.05, 3.63) is 12.2 Å². The third-order valence-electron chi connectivity index (χ3n) is 2.34. The molecular formula is C13H28. The summed E-state index contributed by atoms with van der Waals surface area (Å²) in [5, 5.41) is 0. The average molecular weight is 184 g/mol. The second-order valence-electron chi connectivity index (χ2n) is 5.94. The van der Waals surface area contributed by atoms with Gasteiger partial charge in [0.2, 0.25) is 0 Å². The number of allylic oxidation sites excluding steroid dienone is 1. The summed E-state index contributed by atoms with van der Waals surface area (Å²) in [6.45, 7) is 21.3. The van der Waals surface area contributed by atoms with Crippen LogP contribution in [0.25, 0.3) is 0 Å². The molecule has 0 saturated heterocycles. The fraction of sp³-hybridized carbons (Fsp3) is 0.846. The van der Waals surface area contributed by atoms with E-state index in [4.69, 9.17) is 0 Å². The largest absolute Gasteiger partial charge is 0.0996 e. The quantitative estimate of drug-likeness (QED) is 0.462. The van der Waals surface area contributed by atoms with E-state index >= 15 is 0 Å². The van der Waals surface area contributed by atoms with Crippen molar-refractivity contribution in [2.24, 2.45) is 10.8 Å². The highest BCUT2D eigenvalue weighted by Crippen LogP contribution is 2.21. The van der Waals surface area contributed by atoms with Gasteiger partial charge in [0.15, 0.2) is 0 Å². The molecule has 13 heavy (non-hydrogen) atoms. The van der Waals surface area contributed by atoms with Gasteiger partial charge in [-0.15, -0.1) is 0 Å². The van der Waals surface area contributed by atoms with Crippen LogP contribution in [0.5, 0.6) is 0 Å². The minimum absolute atomic E-state index is 0.306. The summed E-state index contributed by atoms with van der Waals surface area (Å²) in [5.41, 5.74) is 2.09. The Kier molecular flexibility index (Phi) is 6.40. The summed E-state index contributed by atoms with van der Waals surface area (Å²) < 4.78 is 0. The van der Waals surface area contributed by atoms with Gasteiger partial charge in [0.05, 0.1) is 0 Å². The molecule has 0 N–H and O–H groups in total. The van der Waals surface area contributed by atoms with Gasteiger partial charge >= 0.3 is 0 Å². The van der Waals surface area contributed by atoms with E-state index < -0.39 is 0 Å². The first-order valence-electron chi connectivity index (χ1n) is 5.16. The van der Waals surface area contributed by atoms with Crippen molar-refractivity contribution in [3.8, 4) is 0 Å². The molecule has 0 unspecified atom stereocenters. The van der Waals surface area contributed by atoms with Gasteiger partial charge < -0.3 is 0 Å². The van der Waals surface area contributed by atoms with Crippen molar-refractivity contribution in [1.82, 2.24) is 0 Å². The van der Waals surface area contributed by atoms with Crippen LogP contribution < -0.4 is 0 Å². The minimum atomic E-state index is 0.306. The Labute approximate surface area is 85.4 Å². The fourth-order valence-corrected chi connectivity index (χ4v) is 0. The number of hydrogen-bond donors (Lipinski definition) is 0. The average Bonchev–Trinajstić information content (AvgIpc) is 1.85. The van der Waals surface area contributed by atoms with Gasteiger partial charge in [-0.05, 0) is 17.8 Å². The molecule has 80 valence electrons. The van der Waals surface area contributed by atoms with Gasteiger partial charge in [0.25, 0.3) is 0 Å². The maximum atomic E-state index is 3.83. The third kappa shape index (κ3) is 14.6. The zero-order chi connectivity index (χ0) is 11.3. The lowest BCUT2D eigenvalue weighted by atomic mass is 9.89. The molecule has 0 saturated carbocycles.